The lowest BCUT2D eigenvalue weighted by Crippen LogP contribution is -2.39. The minimum absolute atomic E-state index is 0.106. The molecule has 5 nitrogen and oxygen atoms in total. The average Bonchev–Trinajstić information content (AvgIpc) is 2.25. The number of carbonyl (C=O) groups excluding carboxylic acids is 2. The Labute approximate surface area is 96.5 Å². The summed E-state index contributed by atoms with van der Waals surface area (Å²) in [6, 6.07) is -0.681. The second kappa shape index (κ2) is 7.35. The predicted molar refractivity (Wildman–Crippen MR) is 61.6 cm³/mol. The lowest BCUT2D eigenvalue weighted by Gasteiger charge is -2.17. The molecule has 0 aromatic heterocycles. The zero-order valence-electron chi connectivity index (χ0n) is 10.2. The Morgan fingerprint density at radius 2 is 1.88 bits per heavy atom. The van der Waals surface area contributed by atoms with E-state index in [9.17, 15) is 9.59 Å². The molecule has 16 heavy (non-hydrogen) atoms. The van der Waals surface area contributed by atoms with Crippen LogP contribution in [0.1, 0.15) is 26.7 Å². The van der Waals surface area contributed by atoms with Gasteiger partial charge in [-0.1, -0.05) is 13.8 Å². The Bertz CT molecular complexity index is 241. The van der Waals surface area contributed by atoms with Crippen LogP contribution in [0.4, 0.5) is 0 Å². The SMILES string of the molecule is COC(=O)[C@@H](CC(=O)[C@@H](N)CN)CC(C)C. The van der Waals surface area contributed by atoms with E-state index in [0.29, 0.717) is 12.3 Å². The largest absolute Gasteiger partial charge is 0.469 e. The van der Waals surface area contributed by atoms with E-state index >= 15 is 0 Å². The van der Waals surface area contributed by atoms with Crippen molar-refractivity contribution in [1.82, 2.24) is 0 Å². The average molecular weight is 230 g/mol. The molecule has 0 bridgehead atoms. The number of Topliss-reactive ketones (excluding diaryl/α,β-unsaturated/α-hetero) is 1. The van der Waals surface area contributed by atoms with Crippen molar-refractivity contribution >= 4 is 11.8 Å². The van der Waals surface area contributed by atoms with Crippen molar-refractivity contribution in [3.05, 3.63) is 0 Å². The zero-order valence-corrected chi connectivity index (χ0v) is 10.2. The number of carbonyl (C=O) groups is 2. The molecule has 0 radical (unpaired) electrons. The van der Waals surface area contributed by atoms with Crippen molar-refractivity contribution in [3.63, 3.8) is 0 Å². The maximum Gasteiger partial charge on any atom is 0.309 e. The molecule has 94 valence electrons. The number of hydrogen-bond donors (Lipinski definition) is 2. The maximum absolute atomic E-state index is 11.6. The molecule has 0 aliphatic heterocycles. The number of esters is 1. The van der Waals surface area contributed by atoms with Crippen LogP contribution < -0.4 is 11.5 Å². The molecular formula is C11H22N2O3. The summed E-state index contributed by atoms with van der Waals surface area (Å²) < 4.78 is 4.66. The van der Waals surface area contributed by atoms with Crippen molar-refractivity contribution in [2.45, 2.75) is 32.7 Å². The molecule has 0 heterocycles. The summed E-state index contributed by atoms with van der Waals surface area (Å²) in [5.41, 5.74) is 10.8. The molecule has 0 amide bonds. The van der Waals surface area contributed by atoms with Crippen LogP contribution in [-0.2, 0) is 14.3 Å². The summed E-state index contributed by atoms with van der Waals surface area (Å²) in [5, 5.41) is 0. The molecule has 5 heteroatoms. The van der Waals surface area contributed by atoms with Gasteiger partial charge >= 0.3 is 5.97 Å². The number of methoxy groups -OCH3 is 1. The second-order valence-corrected chi connectivity index (χ2v) is 4.36. The van der Waals surface area contributed by atoms with E-state index < -0.39 is 12.0 Å². The monoisotopic (exact) mass is 230 g/mol. The fraction of sp³-hybridized carbons (Fsp3) is 0.818. The van der Waals surface area contributed by atoms with Crippen molar-refractivity contribution in [1.29, 1.82) is 0 Å². The van der Waals surface area contributed by atoms with Gasteiger partial charge in [-0.05, 0) is 12.3 Å². The Balaban J connectivity index is 4.42. The predicted octanol–water partition coefficient (Wildman–Crippen LogP) is 0.0669. The van der Waals surface area contributed by atoms with Crippen molar-refractivity contribution in [3.8, 4) is 0 Å². The van der Waals surface area contributed by atoms with E-state index in [1.54, 1.807) is 0 Å². The molecule has 0 rings (SSSR count). The highest BCUT2D eigenvalue weighted by Gasteiger charge is 2.25. The Hall–Kier alpha value is -0.940. The molecule has 0 unspecified atom stereocenters. The maximum atomic E-state index is 11.6. The molecule has 0 aliphatic carbocycles. The quantitative estimate of drug-likeness (QED) is 0.603. The first-order chi connectivity index (χ1) is 7.42. The lowest BCUT2D eigenvalue weighted by atomic mass is 9.91. The summed E-state index contributed by atoms with van der Waals surface area (Å²) in [6.45, 7) is 4.08. The van der Waals surface area contributed by atoms with E-state index in [1.807, 2.05) is 13.8 Å². The van der Waals surface area contributed by atoms with Gasteiger partial charge in [0, 0.05) is 13.0 Å². The Kier molecular flexibility index (Phi) is 6.92. The van der Waals surface area contributed by atoms with E-state index in [2.05, 4.69) is 4.74 Å². The fourth-order valence-electron chi connectivity index (χ4n) is 1.52. The van der Waals surface area contributed by atoms with Crippen LogP contribution in [0.15, 0.2) is 0 Å². The van der Waals surface area contributed by atoms with E-state index in [-0.39, 0.29) is 24.7 Å². The van der Waals surface area contributed by atoms with Gasteiger partial charge in [0.2, 0.25) is 0 Å². The number of ether oxygens (including phenoxy) is 1. The van der Waals surface area contributed by atoms with Crippen LogP contribution in [0.25, 0.3) is 0 Å². The van der Waals surface area contributed by atoms with E-state index in [0.717, 1.165) is 0 Å². The minimum atomic E-state index is -0.681. The van der Waals surface area contributed by atoms with Gasteiger partial charge in [0.1, 0.15) is 0 Å². The van der Waals surface area contributed by atoms with Crippen LogP contribution >= 0.6 is 0 Å². The van der Waals surface area contributed by atoms with Gasteiger partial charge in [0.25, 0.3) is 0 Å². The standard InChI is InChI=1S/C11H22N2O3/c1-7(2)4-8(11(15)16-3)5-10(14)9(13)6-12/h7-9H,4-6,12-13H2,1-3H3/t8-,9+/m1/s1. The summed E-state index contributed by atoms with van der Waals surface area (Å²) in [5.74, 6) is -0.620. The summed E-state index contributed by atoms with van der Waals surface area (Å²) in [6.07, 6.45) is 0.735. The second-order valence-electron chi connectivity index (χ2n) is 4.36. The third-order valence-corrected chi connectivity index (χ3v) is 2.41. The topological polar surface area (TPSA) is 95.4 Å². The van der Waals surface area contributed by atoms with Crippen LogP contribution in [0, 0.1) is 11.8 Å². The van der Waals surface area contributed by atoms with E-state index in [4.69, 9.17) is 11.5 Å². The number of ketones is 1. The van der Waals surface area contributed by atoms with Gasteiger partial charge in [-0.15, -0.1) is 0 Å². The first kappa shape index (κ1) is 15.1. The number of nitrogens with two attached hydrogens (primary N) is 2. The van der Waals surface area contributed by atoms with Gasteiger partial charge in [0.15, 0.2) is 5.78 Å². The summed E-state index contributed by atoms with van der Waals surface area (Å²) >= 11 is 0. The van der Waals surface area contributed by atoms with Crippen LogP contribution in [-0.4, -0.2) is 31.4 Å². The molecule has 0 fully saturated rings. The molecule has 0 aliphatic rings. The smallest absolute Gasteiger partial charge is 0.309 e. The number of rotatable bonds is 7. The molecule has 2 atom stereocenters. The van der Waals surface area contributed by atoms with Crippen LogP contribution in [0.5, 0.6) is 0 Å². The normalized spacial score (nSPS) is 14.6. The van der Waals surface area contributed by atoms with Crippen LogP contribution in [0.2, 0.25) is 0 Å². The number of hydrogen-bond acceptors (Lipinski definition) is 5. The summed E-state index contributed by atoms with van der Waals surface area (Å²) in [4.78, 5) is 23.0. The zero-order chi connectivity index (χ0) is 12.7. The van der Waals surface area contributed by atoms with E-state index in [1.165, 1.54) is 7.11 Å². The van der Waals surface area contributed by atoms with Crippen molar-refractivity contribution in [2.24, 2.45) is 23.3 Å². The van der Waals surface area contributed by atoms with Gasteiger partial charge < -0.3 is 16.2 Å². The molecule has 0 aromatic carbocycles. The molecule has 4 N–H and O–H groups in total. The molecule has 0 saturated heterocycles. The lowest BCUT2D eigenvalue weighted by molar-refractivity contribution is -0.147. The Morgan fingerprint density at radius 1 is 1.31 bits per heavy atom. The summed E-state index contributed by atoms with van der Waals surface area (Å²) in [7, 11) is 1.32. The third kappa shape index (κ3) is 5.23. The first-order valence-electron chi connectivity index (χ1n) is 5.48. The van der Waals surface area contributed by atoms with Crippen LogP contribution in [0.3, 0.4) is 0 Å². The highest BCUT2D eigenvalue weighted by Crippen LogP contribution is 2.17. The molecule has 0 spiro atoms. The highest BCUT2D eigenvalue weighted by atomic mass is 16.5. The van der Waals surface area contributed by atoms with Gasteiger partial charge in [-0.25, -0.2) is 0 Å². The van der Waals surface area contributed by atoms with Gasteiger partial charge in [-0.3, -0.25) is 9.59 Å². The minimum Gasteiger partial charge on any atom is -0.469 e. The van der Waals surface area contributed by atoms with Gasteiger partial charge in [0.05, 0.1) is 19.1 Å². The molecular weight excluding hydrogens is 208 g/mol. The molecule has 0 saturated carbocycles. The van der Waals surface area contributed by atoms with Crippen molar-refractivity contribution < 1.29 is 14.3 Å². The van der Waals surface area contributed by atoms with Crippen molar-refractivity contribution in [2.75, 3.05) is 13.7 Å². The van der Waals surface area contributed by atoms with Gasteiger partial charge in [-0.2, -0.15) is 0 Å². The first-order valence-corrected chi connectivity index (χ1v) is 5.48. The Morgan fingerprint density at radius 3 is 2.25 bits per heavy atom. The fourth-order valence-corrected chi connectivity index (χ4v) is 1.52. The highest BCUT2D eigenvalue weighted by molar-refractivity contribution is 5.88. The third-order valence-electron chi connectivity index (χ3n) is 2.41. The molecule has 0 aromatic rings.